The van der Waals surface area contributed by atoms with Crippen LogP contribution in [0.1, 0.15) is 16.1 Å². The molecular formula is C13H14BrN3O. The van der Waals surface area contributed by atoms with E-state index in [-0.39, 0.29) is 5.91 Å². The predicted octanol–water partition coefficient (Wildman–Crippen LogP) is 2.16. The summed E-state index contributed by atoms with van der Waals surface area (Å²) in [7, 11) is 1.93. The maximum absolute atomic E-state index is 11.9. The first kappa shape index (κ1) is 12.8. The summed E-state index contributed by atoms with van der Waals surface area (Å²) in [4.78, 5) is 16.1. The first-order valence-electron chi connectivity index (χ1n) is 5.66. The topological polar surface area (TPSA) is 46.9 Å². The van der Waals surface area contributed by atoms with E-state index in [0.717, 1.165) is 16.6 Å². The normalized spacial score (nSPS) is 10.3. The fourth-order valence-corrected chi connectivity index (χ4v) is 2.11. The second kappa shape index (κ2) is 5.82. The molecule has 0 bridgehead atoms. The van der Waals surface area contributed by atoms with Crippen LogP contribution in [-0.2, 0) is 13.5 Å². The van der Waals surface area contributed by atoms with Gasteiger partial charge in [-0.25, -0.2) is 4.98 Å². The smallest absolute Gasteiger partial charge is 0.252 e. The van der Waals surface area contributed by atoms with E-state index < -0.39 is 0 Å². The number of aryl methyl sites for hydroxylation is 1. The van der Waals surface area contributed by atoms with Gasteiger partial charge in [-0.2, -0.15) is 0 Å². The third-order valence-electron chi connectivity index (χ3n) is 2.54. The molecule has 2 rings (SSSR count). The van der Waals surface area contributed by atoms with Gasteiger partial charge in [0.05, 0.1) is 17.6 Å². The molecule has 94 valence electrons. The molecule has 1 heterocycles. The van der Waals surface area contributed by atoms with Crippen molar-refractivity contribution in [1.82, 2.24) is 14.9 Å². The van der Waals surface area contributed by atoms with Crippen LogP contribution in [0.2, 0.25) is 0 Å². The Balaban J connectivity index is 1.87. The lowest BCUT2D eigenvalue weighted by Gasteiger charge is -2.05. The van der Waals surface area contributed by atoms with E-state index in [2.05, 4.69) is 26.2 Å². The molecule has 0 fully saturated rings. The molecule has 0 radical (unpaired) electrons. The fraction of sp³-hybridized carbons (Fsp3) is 0.231. The van der Waals surface area contributed by atoms with E-state index in [9.17, 15) is 4.79 Å². The maximum atomic E-state index is 11.9. The Morgan fingerprint density at radius 1 is 1.44 bits per heavy atom. The number of hydrogen-bond acceptors (Lipinski definition) is 2. The lowest BCUT2D eigenvalue weighted by molar-refractivity contribution is 0.0953. The van der Waals surface area contributed by atoms with E-state index in [1.54, 1.807) is 12.4 Å². The standard InChI is InChI=1S/C13H14BrN3O/c1-17-8-10(16-9-17)6-7-15-13(18)11-4-2-3-5-12(11)14/h2-5,8-9H,6-7H2,1H3,(H,15,18). The molecule has 0 unspecified atom stereocenters. The number of aromatic nitrogens is 2. The Kier molecular flexibility index (Phi) is 4.15. The molecule has 0 aliphatic rings. The Hall–Kier alpha value is -1.62. The minimum Gasteiger partial charge on any atom is -0.352 e. The molecule has 0 saturated heterocycles. The highest BCUT2D eigenvalue weighted by Crippen LogP contribution is 2.15. The van der Waals surface area contributed by atoms with Crippen LogP contribution in [0.3, 0.4) is 0 Å². The summed E-state index contributed by atoms with van der Waals surface area (Å²) in [6.45, 7) is 0.581. The number of carbonyl (C=O) groups is 1. The molecule has 1 amide bonds. The number of benzene rings is 1. The minimum atomic E-state index is -0.0709. The van der Waals surface area contributed by atoms with Crippen molar-refractivity contribution in [2.75, 3.05) is 6.54 Å². The largest absolute Gasteiger partial charge is 0.352 e. The summed E-state index contributed by atoms with van der Waals surface area (Å²) in [6, 6.07) is 7.38. The molecule has 1 aromatic heterocycles. The van der Waals surface area contributed by atoms with Gasteiger partial charge >= 0.3 is 0 Å². The number of rotatable bonds is 4. The van der Waals surface area contributed by atoms with Gasteiger partial charge in [0.1, 0.15) is 0 Å². The van der Waals surface area contributed by atoms with Crippen LogP contribution in [-0.4, -0.2) is 22.0 Å². The molecule has 18 heavy (non-hydrogen) atoms. The van der Waals surface area contributed by atoms with Crippen molar-refractivity contribution in [2.24, 2.45) is 7.05 Å². The molecule has 5 heteroatoms. The number of imidazole rings is 1. The van der Waals surface area contributed by atoms with Crippen molar-refractivity contribution in [3.05, 3.63) is 52.5 Å². The predicted molar refractivity (Wildman–Crippen MR) is 73.4 cm³/mol. The third kappa shape index (κ3) is 3.20. The minimum absolute atomic E-state index is 0.0709. The zero-order chi connectivity index (χ0) is 13.0. The van der Waals surface area contributed by atoms with Gasteiger partial charge in [-0.15, -0.1) is 0 Å². The lowest BCUT2D eigenvalue weighted by atomic mass is 10.2. The fourth-order valence-electron chi connectivity index (χ4n) is 1.64. The van der Waals surface area contributed by atoms with Crippen molar-refractivity contribution in [1.29, 1.82) is 0 Å². The molecule has 0 spiro atoms. The zero-order valence-corrected chi connectivity index (χ0v) is 11.6. The van der Waals surface area contributed by atoms with Crippen LogP contribution in [0.4, 0.5) is 0 Å². The molecule has 1 aromatic carbocycles. The van der Waals surface area contributed by atoms with E-state index in [0.29, 0.717) is 12.1 Å². The van der Waals surface area contributed by atoms with Crippen LogP contribution in [0, 0.1) is 0 Å². The Morgan fingerprint density at radius 2 is 2.22 bits per heavy atom. The van der Waals surface area contributed by atoms with Crippen LogP contribution in [0.15, 0.2) is 41.3 Å². The van der Waals surface area contributed by atoms with Gasteiger partial charge in [0, 0.05) is 30.7 Å². The molecule has 0 aliphatic carbocycles. The van der Waals surface area contributed by atoms with Gasteiger partial charge in [0.2, 0.25) is 0 Å². The van der Waals surface area contributed by atoms with Gasteiger partial charge in [0.15, 0.2) is 0 Å². The van der Waals surface area contributed by atoms with E-state index >= 15 is 0 Å². The summed E-state index contributed by atoms with van der Waals surface area (Å²) in [5, 5.41) is 2.88. The maximum Gasteiger partial charge on any atom is 0.252 e. The second-order valence-corrected chi connectivity index (χ2v) is 4.87. The number of carbonyl (C=O) groups excluding carboxylic acids is 1. The monoisotopic (exact) mass is 307 g/mol. The van der Waals surface area contributed by atoms with Gasteiger partial charge < -0.3 is 9.88 Å². The molecule has 0 atom stereocenters. The van der Waals surface area contributed by atoms with Crippen molar-refractivity contribution >= 4 is 21.8 Å². The quantitative estimate of drug-likeness (QED) is 0.941. The number of hydrogen-bond donors (Lipinski definition) is 1. The van der Waals surface area contributed by atoms with Crippen molar-refractivity contribution in [2.45, 2.75) is 6.42 Å². The van der Waals surface area contributed by atoms with Gasteiger partial charge in [-0.05, 0) is 28.1 Å². The number of amides is 1. The molecular weight excluding hydrogens is 294 g/mol. The van der Waals surface area contributed by atoms with Crippen molar-refractivity contribution in [3.63, 3.8) is 0 Å². The van der Waals surface area contributed by atoms with Crippen LogP contribution in [0.5, 0.6) is 0 Å². The average molecular weight is 308 g/mol. The van der Waals surface area contributed by atoms with Gasteiger partial charge in [-0.3, -0.25) is 4.79 Å². The number of nitrogens with one attached hydrogen (secondary N) is 1. The Morgan fingerprint density at radius 3 is 2.89 bits per heavy atom. The molecule has 0 saturated carbocycles. The summed E-state index contributed by atoms with van der Waals surface area (Å²) < 4.78 is 2.70. The Labute approximate surface area is 114 Å². The zero-order valence-electron chi connectivity index (χ0n) is 10.1. The van der Waals surface area contributed by atoms with Crippen molar-refractivity contribution < 1.29 is 4.79 Å². The third-order valence-corrected chi connectivity index (χ3v) is 3.24. The SMILES string of the molecule is Cn1cnc(CCNC(=O)c2ccccc2Br)c1. The highest BCUT2D eigenvalue weighted by molar-refractivity contribution is 9.10. The number of nitrogens with zero attached hydrogens (tertiary/aromatic N) is 2. The molecule has 2 aromatic rings. The second-order valence-electron chi connectivity index (χ2n) is 4.02. The van der Waals surface area contributed by atoms with Crippen LogP contribution >= 0.6 is 15.9 Å². The van der Waals surface area contributed by atoms with Crippen molar-refractivity contribution in [3.8, 4) is 0 Å². The van der Waals surface area contributed by atoms with E-state index in [1.807, 2.05) is 36.0 Å². The summed E-state index contributed by atoms with van der Waals surface area (Å²) >= 11 is 3.36. The van der Waals surface area contributed by atoms with E-state index in [1.165, 1.54) is 0 Å². The van der Waals surface area contributed by atoms with E-state index in [4.69, 9.17) is 0 Å². The summed E-state index contributed by atoms with van der Waals surface area (Å²) in [6.07, 6.45) is 4.44. The number of halogens is 1. The highest BCUT2D eigenvalue weighted by Gasteiger charge is 2.08. The molecule has 1 N–H and O–H groups in total. The summed E-state index contributed by atoms with van der Waals surface area (Å²) in [5.74, 6) is -0.0709. The average Bonchev–Trinajstić information content (AvgIpc) is 2.75. The van der Waals surface area contributed by atoms with Crippen LogP contribution < -0.4 is 5.32 Å². The first-order valence-corrected chi connectivity index (χ1v) is 6.45. The lowest BCUT2D eigenvalue weighted by Crippen LogP contribution is -2.26. The summed E-state index contributed by atoms with van der Waals surface area (Å²) in [5.41, 5.74) is 1.63. The van der Waals surface area contributed by atoms with Crippen LogP contribution in [0.25, 0.3) is 0 Å². The molecule has 4 nitrogen and oxygen atoms in total. The Bertz CT molecular complexity index is 551. The van der Waals surface area contributed by atoms with Gasteiger partial charge in [0.25, 0.3) is 5.91 Å². The first-order chi connectivity index (χ1) is 8.66. The molecule has 0 aliphatic heterocycles. The van der Waals surface area contributed by atoms with Gasteiger partial charge in [-0.1, -0.05) is 12.1 Å². The highest BCUT2D eigenvalue weighted by atomic mass is 79.9.